The summed E-state index contributed by atoms with van der Waals surface area (Å²) in [5, 5.41) is 0. The van der Waals surface area contributed by atoms with E-state index in [1.54, 1.807) is 0 Å². The first-order valence-electron chi connectivity index (χ1n) is 5.61. The van der Waals surface area contributed by atoms with Crippen LogP contribution in [0.2, 0.25) is 0 Å². The van der Waals surface area contributed by atoms with Gasteiger partial charge < -0.3 is 0 Å². The van der Waals surface area contributed by atoms with E-state index < -0.39 is 17.5 Å². The quantitative estimate of drug-likeness (QED) is 0.665. The van der Waals surface area contributed by atoms with E-state index in [4.69, 9.17) is 0 Å². The average molecular weight is 246 g/mol. The maximum Gasteiger partial charge on any atom is 0.195 e. The summed E-state index contributed by atoms with van der Waals surface area (Å²) in [5.41, 5.74) is 2.68. The Bertz CT molecular complexity index is 657. The molecule has 0 saturated heterocycles. The third-order valence-corrected chi connectivity index (χ3v) is 3.16. The van der Waals surface area contributed by atoms with Gasteiger partial charge in [0.15, 0.2) is 17.5 Å². The molecule has 1 aliphatic rings. The number of hydrogen-bond acceptors (Lipinski definition) is 0. The first-order valence-corrected chi connectivity index (χ1v) is 5.61. The Labute approximate surface area is 102 Å². The van der Waals surface area contributed by atoms with Crippen molar-refractivity contribution in [3.05, 3.63) is 76.6 Å². The molecule has 0 fully saturated rings. The van der Waals surface area contributed by atoms with Crippen LogP contribution in [0.5, 0.6) is 0 Å². The maximum absolute atomic E-state index is 13.8. The second kappa shape index (κ2) is 4.02. The van der Waals surface area contributed by atoms with Gasteiger partial charge in [-0.3, -0.25) is 0 Å². The number of fused-ring (bicyclic) bond motifs is 1. The standard InChI is InChI=1S/C15H9F3/c16-13-8-7-12(14(17)15(13)18)11-6-5-9-3-1-2-4-10(9)11/h1-4,6-8H,5H2. The number of allylic oxidation sites excluding steroid dienone is 1. The summed E-state index contributed by atoms with van der Waals surface area (Å²) in [6.07, 6.45) is 2.52. The molecule has 90 valence electrons. The molecule has 0 saturated carbocycles. The third-order valence-electron chi connectivity index (χ3n) is 3.16. The fourth-order valence-corrected chi connectivity index (χ4v) is 2.27. The molecule has 0 aromatic heterocycles. The third kappa shape index (κ3) is 1.55. The smallest absolute Gasteiger partial charge is 0.195 e. The summed E-state index contributed by atoms with van der Waals surface area (Å²) in [6, 6.07) is 9.77. The maximum atomic E-state index is 13.8. The van der Waals surface area contributed by atoms with Crippen molar-refractivity contribution in [3.63, 3.8) is 0 Å². The summed E-state index contributed by atoms with van der Waals surface area (Å²) in [5.74, 6) is -3.71. The number of rotatable bonds is 1. The zero-order valence-corrected chi connectivity index (χ0v) is 9.38. The largest absolute Gasteiger partial charge is 0.204 e. The van der Waals surface area contributed by atoms with Crippen LogP contribution in [0, 0.1) is 17.5 Å². The van der Waals surface area contributed by atoms with E-state index in [0.29, 0.717) is 12.0 Å². The Balaban J connectivity index is 2.16. The molecule has 2 aromatic carbocycles. The van der Waals surface area contributed by atoms with E-state index in [9.17, 15) is 13.2 Å². The van der Waals surface area contributed by atoms with Crippen molar-refractivity contribution < 1.29 is 13.2 Å². The van der Waals surface area contributed by atoms with Crippen molar-refractivity contribution in [1.82, 2.24) is 0 Å². The van der Waals surface area contributed by atoms with Crippen LogP contribution in [-0.2, 0) is 6.42 Å². The van der Waals surface area contributed by atoms with Crippen LogP contribution in [0.4, 0.5) is 13.2 Å². The van der Waals surface area contributed by atoms with E-state index in [0.717, 1.165) is 17.2 Å². The van der Waals surface area contributed by atoms with Crippen molar-refractivity contribution in [1.29, 1.82) is 0 Å². The Morgan fingerprint density at radius 2 is 1.56 bits per heavy atom. The minimum absolute atomic E-state index is 0.110. The van der Waals surface area contributed by atoms with Gasteiger partial charge in [0.25, 0.3) is 0 Å². The molecule has 2 aromatic rings. The normalized spacial score (nSPS) is 13.4. The van der Waals surface area contributed by atoms with Crippen molar-refractivity contribution in [3.8, 4) is 0 Å². The highest BCUT2D eigenvalue weighted by molar-refractivity contribution is 5.84. The molecule has 3 rings (SSSR count). The lowest BCUT2D eigenvalue weighted by atomic mass is 9.98. The fourth-order valence-electron chi connectivity index (χ4n) is 2.27. The van der Waals surface area contributed by atoms with Gasteiger partial charge in [0.1, 0.15) is 0 Å². The Morgan fingerprint density at radius 3 is 2.39 bits per heavy atom. The first kappa shape index (κ1) is 11.1. The summed E-state index contributed by atoms with van der Waals surface area (Å²) in [6.45, 7) is 0. The lowest BCUT2D eigenvalue weighted by molar-refractivity contribution is 0.445. The molecule has 1 aliphatic carbocycles. The van der Waals surface area contributed by atoms with Gasteiger partial charge in [-0.2, -0.15) is 0 Å². The van der Waals surface area contributed by atoms with Crippen LogP contribution in [-0.4, -0.2) is 0 Å². The van der Waals surface area contributed by atoms with Crippen molar-refractivity contribution >= 4 is 5.57 Å². The van der Waals surface area contributed by atoms with Crippen molar-refractivity contribution in [2.75, 3.05) is 0 Å². The molecular formula is C15H9F3. The Morgan fingerprint density at radius 1 is 0.778 bits per heavy atom. The molecule has 0 bridgehead atoms. The van der Waals surface area contributed by atoms with Gasteiger partial charge in [-0.25, -0.2) is 13.2 Å². The van der Waals surface area contributed by atoms with Gasteiger partial charge >= 0.3 is 0 Å². The number of halogens is 3. The first-order chi connectivity index (χ1) is 8.68. The van der Waals surface area contributed by atoms with Crippen LogP contribution in [0.1, 0.15) is 16.7 Å². The number of hydrogen-bond donors (Lipinski definition) is 0. The zero-order chi connectivity index (χ0) is 12.7. The van der Waals surface area contributed by atoms with Gasteiger partial charge in [0.2, 0.25) is 0 Å². The predicted molar refractivity (Wildman–Crippen MR) is 63.5 cm³/mol. The molecule has 0 amide bonds. The Kier molecular flexibility index (Phi) is 2.47. The van der Waals surface area contributed by atoms with Crippen LogP contribution in [0.15, 0.2) is 42.5 Å². The van der Waals surface area contributed by atoms with Gasteiger partial charge in [-0.1, -0.05) is 30.3 Å². The topological polar surface area (TPSA) is 0 Å². The van der Waals surface area contributed by atoms with E-state index in [2.05, 4.69) is 0 Å². The highest BCUT2D eigenvalue weighted by Gasteiger charge is 2.21. The van der Waals surface area contributed by atoms with Crippen molar-refractivity contribution in [2.24, 2.45) is 0 Å². The summed E-state index contributed by atoms with van der Waals surface area (Å²) in [4.78, 5) is 0. The molecule has 0 nitrogen and oxygen atoms in total. The van der Waals surface area contributed by atoms with Gasteiger partial charge in [-0.15, -0.1) is 0 Å². The second-order valence-corrected chi connectivity index (χ2v) is 4.20. The highest BCUT2D eigenvalue weighted by atomic mass is 19.2. The fraction of sp³-hybridized carbons (Fsp3) is 0.0667. The molecular weight excluding hydrogens is 237 g/mol. The summed E-state index contributed by atoms with van der Waals surface area (Å²) >= 11 is 0. The van der Waals surface area contributed by atoms with Crippen LogP contribution in [0.3, 0.4) is 0 Å². The lowest BCUT2D eigenvalue weighted by Crippen LogP contribution is -1.97. The van der Waals surface area contributed by atoms with Gasteiger partial charge in [0.05, 0.1) is 0 Å². The summed E-state index contributed by atoms with van der Waals surface area (Å²) in [7, 11) is 0. The minimum Gasteiger partial charge on any atom is -0.204 e. The molecule has 0 aliphatic heterocycles. The molecule has 0 unspecified atom stereocenters. The molecule has 0 radical (unpaired) electrons. The van der Waals surface area contributed by atoms with Crippen LogP contribution < -0.4 is 0 Å². The molecule has 0 N–H and O–H groups in total. The molecule has 0 heterocycles. The zero-order valence-electron chi connectivity index (χ0n) is 9.38. The van der Waals surface area contributed by atoms with Crippen LogP contribution >= 0.6 is 0 Å². The minimum atomic E-state index is -1.42. The monoisotopic (exact) mass is 246 g/mol. The van der Waals surface area contributed by atoms with Gasteiger partial charge in [-0.05, 0) is 35.3 Å². The van der Waals surface area contributed by atoms with E-state index >= 15 is 0 Å². The van der Waals surface area contributed by atoms with E-state index in [-0.39, 0.29) is 5.56 Å². The molecule has 0 atom stereocenters. The Hall–Kier alpha value is -2.03. The second-order valence-electron chi connectivity index (χ2n) is 4.20. The highest BCUT2D eigenvalue weighted by Crippen LogP contribution is 2.34. The van der Waals surface area contributed by atoms with E-state index in [1.807, 2.05) is 30.3 Å². The average Bonchev–Trinajstić information content (AvgIpc) is 2.80. The lowest BCUT2D eigenvalue weighted by Gasteiger charge is -2.08. The molecule has 18 heavy (non-hydrogen) atoms. The summed E-state index contributed by atoms with van der Waals surface area (Å²) < 4.78 is 39.9. The number of benzene rings is 2. The molecule has 0 spiro atoms. The van der Waals surface area contributed by atoms with Crippen molar-refractivity contribution in [2.45, 2.75) is 6.42 Å². The van der Waals surface area contributed by atoms with Gasteiger partial charge in [0, 0.05) is 5.56 Å². The van der Waals surface area contributed by atoms with Crippen LogP contribution in [0.25, 0.3) is 5.57 Å². The molecule has 3 heteroatoms. The van der Waals surface area contributed by atoms with E-state index in [1.165, 1.54) is 6.07 Å². The SMILES string of the molecule is Fc1ccc(C2=CCc3ccccc32)c(F)c1F. The predicted octanol–water partition coefficient (Wildman–Crippen LogP) is 4.09.